The van der Waals surface area contributed by atoms with Crippen molar-refractivity contribution in [3.8, 4) is 0 Å². The molecule has 0 aromatic heterocycles. The van der Waals surface area contributed by atoms with Crippen LogP contribution in [0.5, 0.6) is 0 Å². The van der Waals surface area contributed by atoms with E-state index in [1.54, 1.807) is 0 Å². The summed E-state index contributed by atoms with van der Waals surface area (Å²) in [5, 5.41) is 3.50. The first-order chi connectivity index (χ1) is 9.44. The van der Waals surface area contributed by atoms with Gasteiger partial charge in [0.05, 0.1) is 7.11 Å². The molecule has 1 N–H and O–H groups in total. The second kappa shape index (κ2) is 6.44. The number of piperidine rings is 1. The summed E-state index contributed by atoms with van der Waals surface area (Å²) in [6.07, 6.45) is 5.74. The lowest BCUT2D eigenvalue weighted by atomic mass is 9.90. The fourth-order valence-electron chi connectivity index (χ4n) is 3.29. The van der Waals surface area contributed by atoms with E-state index in [2.05, 4.69) is 24.1 Å². The molecular weight excluding hydrogens is 252 g/mol. The molecule has 0 radical (unpaired) electrons. The van der Waals surface area contributed by atoms with Crippen LogP contribution >= 0.6 is 0 Å². The van der Waals surface area contributed by atoms with Crippen molar-refractivity contribution < 1.29 is 9.53 Å². The number of carbonyl (C=O) groups excluding carboxylic acids is 1. The second-order valence-electron chi connectivity index (χ2n) is 7.01. The second-order valence-corrected chi connectivity index (χ2v) is 7.01. The number of ether oxygens (including phenoxy) is 1. The third-order valence-corrected chi connectivity index (χ3v) is 4.88. The van der Waals surface area contributed by atoms with Crippen LogP contribution in [-0.4, -0.2) is 48.7 Å². The molecule has 2 atom stereocenters. The fraction of sp³-hybridized carbons (Fsp3) is 0.938. The van der Waals surface area contributed by atoms with E-state index in [0.717, 1.165) is 25.4 Å². The van der Waals surface area contributed by atoms with Crippen molar-refractivity contribution in [2.24, 2.45) is 5.92 Å². The normalized spacial score (nSPS) is 26.0. The van der Waals surface area contributed by atoms with Crippen molar-refractivity contribution in [1.82, 2.24) is 10.2 Å². The third-order valence-electron chi connectivity index (χ3n) is 4.88. The molecule has 4 nitrogen and oxygen atoms in total. The molecule has 2 rings (SSSR count). The van der Waals surface area contributed by atoms with Crippen molar-refractivity contribution in [1.29, 1.82) is 0 Å². The quantitative estimate of drug-likeness (QED) is 0.758. The Bertz CT molecular complexity index is 335. The van der Waals surface area contributed by atoms with Crippen molar-refractivity contribution in [2.75, 3.05) is 20.2 Å². The smallest absolute Gasteiger partial charge is 0.325 e. The van der Waals surface area contributed by atoms with Gasteiger partial charge in [0.2, 0.25) is 0 Å². The van der Waals surface area contributed by atoms with Crippen LogP contribution in [0.1, 0.15) is 52.9 Å². The minimum absolute atomic E-state index is 0.123. The summed E-state index contributed by atoms with van der Waals surface area (Å²) in [5.41, 5.74) is -0.543. The molecule has 4 heteroatoms. The van der Waals surface area contributed by atoms with Gasteiger partial charge in [-0.05, 0) is 65.0 Å². The summed E-state index contributed by atoms with van der Waals surface area (Å²) in [7, 11) is 1.49. The lowest BCUT2D eigenvalue weighted by Gasteiger charge is -2.39. The molecule has 0 amide bonds. The standard InChI is InChI=1S/C16H30N2O2/c1-12-7-9-18(10-8-12)13(2)11-16(3,15(19)20-4)17-14-5-6-14/h12-14,17H,5-11H2,1-4H3. The van der Waals surface area contributed by atoms with E-state index >= 15 is 0 Å². The molecule has 0 spiro atoms. The Morgan fingerprint density at radius 1 is 1.35 bits per heavy atom. The largest absolute Gasteiger partial charge is 0.468 e. The summed E-state index contributed by atoms with van der Waals surface area (Å²) >= 11 is 0. The van der Waals surface area contributed by atoms with Crippen LogP contribution in [0.2, 0.25) is 0 Å². The molecule has 1 heterocycles. The highest BCUT2D eigenvalue weighted by molar-refractivity contribution is 5.80. The molecule has 0 aromatic rings. The number of hydrogen-bond acceptors (Lipinski definition) is 4. The Morgan fingerprint density at radius 3 is 2.45 bits per heavy atom. The summed E-state index contributed by atoms with van der Waals surface area (Å²) in [4.78, 5) is 14.7. The minimum atomic E-state index is -0.543. The topological polar surface area (TPSA) is 41.6 Å². The van der Waals surface area contributed by atoms with E-state index in [1.807, 2.05) is 6.92 Å². The molecule has 1 aliphatic heterocycles. The van der Waals surface area contributed by atoms with E-state index in [-0.39, 0.29) is 5.97 Å². The van der Waals surface area contributed by atoms with Gasteiger partial charge in [-0.15, -0.1) is 0 Å². The molecule has 0 bridgehead atoms. The van der Waals surface area contributed by atoms with Gasteiger partial charge in [0.25, 0.3) is 0 Å². The van der Waals surface area contributed by atoms with Crippen LogP contribution in [0.4, 0.5) is 0 Å². The Labute approximate surface area is 123 Å². The lowest BCUT2D eigenvalue weighted by molar-refractivity contribution is -0.149. The van der Waals surface area contributed by atoms with Gasteiger partial charge in [-0.3, -0.25) is 10.1 Å². The number of carbonyl (C=O) groups is 1. The van der Waals surface area contributed by atoms with Gasteiger partial charge in [-0.25, -0.2) is 0 Å². The van der Waals surface area contributed by atoms with E-state index in [0.29, 0.717) is 12.1 Å². The number of esters is 1. The molecule has 2 aliphatic rings. The molecule has 1 aliphatic carbocycles. The Balaban J connectivity index is 1.93. The van der Waals surface area contributed by atoms with E-state index in [1.165, 1.54) is 32.8 Å². The Morgan fingerprint density at radius 2 is 1.95 bits per heavy atom. The monoisotopic (exact) mass is 282 g/mol. The number of methoxy groups -OCH3 is 1. The van der Waals surface area contributed by atoms with Crippen molar-refractivity contribution in [2.45, 2.75) is 70.5 Å². The van der Waals surface area contributed by atoms with Crippen LogP contribution in [0.3, 0.4) is 0 Å². The first-order valence-corrected chi connectivity index (χ1v) is 8.05. The Kier molecular flexibility index (Phi) is 5.08. The van der Waals surface area contributed by atoms with E-state index in [4.69, 9.17) is 4.74 Å². The highest BCUT2D eigenvalue weighted by Crippen LogP contribution is 2.28. The van der Waals surface area contributed by atoms with Crippen LogP contribution < -0.4 is 5.32 Å². The number of nitrogens with zero attached hydrogens (tertiary/aromatic N) is 1. The predicted octanol–water partition coefficient (Wildman–Crippen LogP) is 2.18. The van der Waals surface area contributed by atoms with Crippen LogP contribution in [0, 0.1) is 5.92 Å². The molecule has 2 fully saturated rings. The van der Waals surface area contributed by atoms with Crippen LogP contribution in [-0.2, 0) is 9.53 Å². The molecule has 20 heavy (non-hydrogen) atoms. The number of rotatable bonds is 6. The van der Waals surface area contributed by atoms with Gasteiger partial charge in [0, 0.05) is 12.1 Å². The average molecular weight is 282 g/mol. The van der Waals surface area contributed by atoms with Gasteiger partial charge >= 0.3 is 5.97 Å². The number of hydrogen-bond donors (Lipinski definition) is 1. The maximum Gasteiger partial charge on any atom is 0.325 e. The lowest BCUT2D eigenvalue weighted by Crippen LogP contribution is -2.55. The molecule has 2 unspecified atom stereocenters. The fourth-order valence-corrected chi connectivity index (χ4v) is 3.29. The summed E-state index contributed by atoms with van der Waals surface area (Å²) in [6, 6.07) is 0.922. The van der Waals surface area contributed by atoms with Crippen LogP contribution in [0.25, 0.3) is 0 Å². The first-order valence-electron chi connectivity index (χ1n) is 8.05. The number of likely N-dealkylation sites (tertiary alicyclic amines) is 1. The molecule has 0 aromatic carbocycles. The van der Waals surface area contributed by atoms with E-state index in [9.17, 15) is 4.79 Å². The Hall–Kier alpha value is -0.610. The maximum absolute atomic E-state index is 12.2. The van der Waals surface area contributed by atoms with Crippen molar-refractivity contribution >= 4 is 5.97 Å². The first kappa shape index (κ1) is 15.8. The highest BCUT2D eigenvalue weighted by atomic mass is 16.5. The maximum atomic E-state index is 12.2. The SMILES string of the molecule is COC(=O)C(C)(CC(C)N1CCC(C)CC1)NC1CC1. The molecule has 1 saturated heterocycles. The van der Waals surface area contributed by atoms with Crippen LogP contribution in [0.15, 0.2) is 0 Å². The summed E-state index contributed by atoms with van der Waals surface area (Å²) in [6.45, 7) is 8.88. The molecule has 116 valence electrons. The van der Waals surface area contributed by atoms with Gasteiger partial charge < -0.3 is 9.64 Å². The predicted molar refractivity (Wildman–Crippen MR) is 80.6 cm³/mol. The van der Waals surface area contributed by atoms with Gasteiger partial charge in [0.15, 0.2) is 0 Å². The zero-order valence-corrected chi connectivity index (χ0v) is 13.4. The summed E-state index contributed by atoms with van der Waals surface area (Å²) < 4.78 is 5.03. The average Bonchev–Trinajstić information content (AvgIpc) is 3.22. The zero-order chi connectivity index (χ0) is 14.8. The van der Waals surface area contributed by atoms with Gasteiger partial charge in [0.1, 0.15) is 5.54 Å². The minimum Gasteiger partial charge on any atom is -0.468 e. The van der Waals surface area contributed by atoms with Gasteiger partial charge in [-0.1, -0.05) is 6.92 Å². The van der Waals surface area contributed by atoms with Crippen molar-refractivity contribution in [3.05, 3.63) is 0 Å². The molecule has 1 saturated carbocycles. The highest BCUT2D eigenvalue weighted by Gasteiger charge is 2.41. The molecular formula is C16H30N2O2. The number of nitrogens with one attached hydrogen (secondary N) is 1. The summed E-state index contributed by atoms with van der Waals surface area (Å²) in [5.74, 6) is 0.719. The van der Waals surface area contributed by atoms with Gasteiger partial charge in [-0.2, -0.15) is 0 Å². The van der Waals surface area contributed by atoms with Crippen molar-refractivity contribution in [3.63, 3.8) is 0 Å². The van der Waals surface area contributed by atoms with E-state index < -0.39 is 5.54 Å². The third kappa shape index (κ3) is 3.95. The zero-order valence-electron chi connectivity index (χ0n) is 13.4.